The van der Waals surface area contributed by atoms with E-state index in [4.69, 9.17) is 0 Å². The molecule has 0 fully saturated rings. The fourth-order valence-corrected chi connectivity index (χ4v) is 2.30. The minimum absolute atomic E-state index is 0.174. The van der Waals surface area contributed by atoms with E-state index in [1.54, 1.807) is 11.0 Å². The fourth-order valence-electron chi connectivity index (χ4n) is 2.30. The van der Waals surface area contributed by atoms with Gasteiger partial charge in [-0.2, -0.15) is 18.3 Å². The van der Waals surface area contributed by atoms with Crippen molar-refractivity contribution in [1.82, 2.24) is 19.7 Å². The number of benzene rings is 1. The summed E-state index contributed by atoms with van der Waals surface area (Å²) in [5.74, 6) is -0.174. The van der Waals surface area contributed by atoms with E-state index in [-0.39, 0.29) is 12.4 Å². The molecule has 0 aliphatic heterocycles. The second-order valence-electron chi connectivity index (χ2n) is 5.16. The number of hydrogen-bond acceptors (Lipinski definition) is 4. The summed E-state index contributed by atoms with van der Waals surface area (Å²) < 4.78 is 40.5. The van der Waals surface area contributed by atoms with Crippen LogP contribution in [-0.2, 0) is 19.3 Å². The van der Waals surface area contributed by atoms with E-state index < -0.39 is 11.7 Å². The minimum atomic E-state index is -4.44. The molecule has 1 N–H and O–H groups in total. The molecule has 0 aliphatic rings. The Morgan fingerprint density at radius 3 is 2.67 bits per heavy atom. The standard InChI is InChI=1S/C16H14F3N5/c17-16(18,19)14-5-2-6-21-15(14)22-8-12-3-1-4-13(7-12)9-24-11-20-10-23-24/h1-7,10-11H,8-9H2,(H,21,22). The van der Waals surface area contributed by atoms with Gasteiger partial charge in [-0.15, -0.1) is 0 Å². The molecule has 2 aromatic heterocycles. The second-order valence-corrected chi connectivity index (χ2v) is 5.16. The molecule has 1 aromatic carbocycles. The van der Waals surface area contributed by atoms with E-state index in [0.29, 0.717) is 6.54 Å². The molecule has 3 rings (SSSR count). The number of halogens is 3. The van der Waals surface area contributed by atoms with Gasteiger partial charge in [0.05, 0.1) is 12.1 Å². The first-order valence-corrected chi connectivity index (χ1v) is 7.19. The van der Waals surface area contributed by atoms with Crippen LogP contribution in [0.1, 0.15) is 16.7 Å². The second kappa shape index (κ2) is 6.69. The summed E-state index contributed by atoms with van der Waals surface area (Å²) in [5.41, 5.74) is 1.06. The Morgan fingerprint density at radius 2 is 1.92 bits per heavy atom. The average Bonchev–Trinajstić information content (AvgIpc) is 3.06. The quantitative estimate of drug-likeness (QED) is 0.778. The molecule has 0 unspecified atom stereocenters. The first-order chi connectivity index (χ1) is 11.5. The lowest BCUT2D eigenvalue weighted by Gasteiger charge is -2.13. The zero-order valence-electron chi connectivity index (χ0n) is 12.5. The molecule has 0 radical (unpaired) electrons. The minimum Gasteiger partial charge on any atom is -0.365 e. The van der Waals surface area contributed by atoms with Crippen LogP contribution in [0.2, 0.25) is 0 Å². The molecule has 0 spiro atoms. The van der Waals surface area contributed by atoms with Gasteiger partial charge >= 0.3 is 6.18 Å². The van der Waals surface area contributed by atoms with Crippen LogP contribution in [0.4, 0.5) is 19.0 Å². The van der Waals surface area contributed by atoms with E-state index in [9.17, 15) is 13.2 Å². The Bertz CT molecular complexity index is 799. The van der Waals surface area contributed by atoms with Gasteiger partial charge in [0.15, 0.2) is 0 Å². The normalized spacial score (nSPS) is 11.5. The molecule has 124 valence electrons. The van der Waals surface area contributed by atoms with Gasteiger partial charge in [0, 0.05) is 12.7 Å². The molecule has 0 aliphatic carbocycles. The maximum Gasteiger partial charge on any atom is 0.419 e. The largest absolute Gasteiger partial charge is 0.419 e. The maximum atomic E-state index is 13.0. The van der Waals surface area contributed by atoms with Gasteiger partial charge < -0.3 is 5.32 Å². The van der Waals surface area contributed by atoms with Gasteiger partial charge in [0.1, 0.15) is 18.5 Å². The van der Waals surface area contributed by atoms with Gasteiger partial charge in [-0.05, 0) is 23.3 Å². The van der Waals surface area contributed by atoms with E-state index in [2.05, 4.69) is 20.4 Å². The monoisotopic (exact) mass is 333 g/mol. The van der Waals surface area contributed by atoms with E-state index in [1.165, 1.54) is 18.6 Å². The van der Waals surface area contributed by atoms with Gasteiger partial charge in [-0.3, -0.25) is 0 Å². The Morgan fingerprint density at radius 1 is 1.08 bits per heavy atom. The number of anilines is 1. The van der Waals surface area contributed by atoms with E-state index in [1.807, 2.05) is 24.3 Å². The summed E-state index contributed by atoms with van der Waals surface area (Å²) in [6, 6.07) is 9.81. The summed E-state index contributed by atoms with van der Waals surface area (Å²) >= 11 is 0. The van der Waals surface area contributed by atoms with E-state index in [0.717, 1.165) is 17.2 Å². The first-order valence-electron chi connectivity index (χ1n) is 7.19. The lowest BCUT2D eigenvalue weighted by molar-refractivity contribution is -0.137. The van der Waals surface area contributed by atoms with Gasteiger partial charge in [-0.25, -0.2) is 14.6 Å². The third kappa shape index (κ3) is 3.89. The summed E-state index contributed by atoms with van der Waals surface area (Å²) in [6.45, 7) is 0.788. The van der Waals surface area contributed by atoms with Crippen LogP contribution in [0.25, 0.3) is 0 Å². The molecular formula is C16H14F3N5. The van der Waals surface area contributed by atoms with Gasteiger partial charge in [0.25, 0.3) is 0 Å². The lowest BCUT2D eigenvalue weighted by Crippen LogP contribution is -2.12. The third-order valence-electron chi connectivity index (χ3n) is 3.38. The molecule has 3 aromatic rings. The van der Waals surface area contributed by atoms with Crippen molar-refractivity contribution in [3.63, 3.8) is 0 Å². The molecule has 5 nitrogen and oxygen atoms in total. The zero-order chi connectivity index (χ0) is 17.0. The maximum absolute atomic E-state index is 13.0. The van der Waals surface area contributed by atoms with Crippen LogP contribution in [0.15, 0.2) is 55.2 Å². The van der Waals surface area contributed by atoms with E-state index >= 15 is 0 Å². The Labute approximate surface area is 136 Å². The predicted molar refractivity (Wildman–Crippen MR) is 82.1 cm³/mol. The number of nitrogens with one attached hydrogen (secondary N) is 1. The van der Waals surface area contributed by atoms with Crippen LogP contribution in [0, 0.1) is 0 Å². The number of hydrogen-bond donors (Lipinski definition) is 1. The van der Waals surface area contributed by atoms with Crippen molar-refractivity contribution in [3.05, 3.63) is 71.9 Å². The highest BCUT2D eigenvalue weighted by molar-refractivity contribution is 5.46. The lowest BCUT2D eigenvalue weighted by atomic mass is 10.1. The molecular weight excluding hydrogens is 319 g/mol. The molecule has 0 amide bonds. The average molecular weight is 333 g/mol. The molecule has 0 atom stereocenters. The van der Waals surface area contributed by atoms with Crippen LogP contribution in [0.5, 0.6) is 0 Å². The Kier molecular flexibility index (Phi) is 4.45. The molecule has 0 bridgehead atoms. The Balaban J connectivity index is 1.71. The number of aromatic nitrogens is 4. The smallest absolute Gasteiger partial charge is 0.365 e. The van der Waals surface area contributed by atoms with Crippen molar-refractivity contribution < 1.29 is 13.2 Å². The zero-order valence-corrected chi connectivity index (χ0v) is 12.5. The molecule has 0 saturated heterocycles. The highest BCUT2D eigenvalue weighted by Gasteiger charge is 2.33. The highest BCUT2D eigenvalue weighted by Crippen LogP contribution is 2.33. The highest BCUT2D eigenvalue weighted by atomic mass is 19.4. The Hall–Kier alpha value is -2.90. The topological polar surface area (TPSA) is 55.6 Å². The van der Waals surface area contributed by atoms with Crippen LogP contribution in [0.3, 0.4) is 0 Å². The predicted octanol–water partition coefficient (Wildman–Crippen LogP) is 3.35. The van der Waals surface area contributed by atoms with Crippen molar-refractivity contribution >= 4 is 5.82 Å². The van der Waals surface area contributed by atoms with Crippen molar-refractivity contribution in [1.29, 1.82) is 0 Å². The third-order valence-corrected chi connectivity index (χ3v) is 3.38. The summed E-state index contributed by atoms with van der Waals surface area (Å²) in [6.07, 6.45) is -0.0518. The van der Waals surface area contributed by atoms with Crippen molar-refractivity contribution in [2.75, 3.05) is 5.32 Å². The molecule has 24 heavy (non-hydrogen) atoms. The molecule has 8 heteroatoms. The summed E-state index contributed by atoms with van der Waals surface area (Å²) in [7, 11) is 0. The molecule has 0 saturated carbocycles. The van der Waals surface area contributed by atoms with Crippen LogP contribution < -0.4 is 5.32 Å². The molecule has 2 heterocycles. The SMILES string of the molecule is FC(F)(F)c1cccnc1NCc1cccc(Cn2cncn2)c1. The number of pyridine rings is 1. The van der Waals surface area contributed by atoms with Gasteiger partial charge in [0.2, 0.25) is 0 Å². The first kappa shape index (κ1) is 16.0. The number of rotatable bonds is 5. The number of nitrogens with zero attached hydrogens (tertiary/aromatic N) is 4. The summed E-state index contributed by atoms with van der Waals surface area (Å²) in [4.78, 5) is 7.66. The van der Waals surface area contributed by atoms with Crippen molar-refractivity contribution in [2.45, 2.75) is 19.3 Å². The van der Waals surface area contributed by atoms with Crippen LogP contribution >= 0.6 is 0 Å². The van der Waals surface area contributed by atoms with Gasteiger partial charge in [-0.1, -0.05) is 24.3 Å². The fraction of sp³-hybridized carbons (Fsp3) is 0.188. The number of alkyl halides is 3. The van der Waals surface area contributed by atoms with Crippen LogP contribution in [-0.4, -0.2) is 19.7 Å². The summed E-state index contributed by atoms with van der Waals surface area (Å²) in [5, 5.41) is 6.78. The van der Waals surface area contributed by atoms with Crippen molar-refractivity contribution in [2.24, 2.45) is 0 Å². The van der Waals surface area contributed by atoms with Crippen molar-refractivity contribution in [3.8, 4) is 0 Å².